The van der Waals surface area contributed by atoms with E-state index < -0.39 is 0 Å². The van der Waals surface area contributed by atoms with Gasteiger partial charge in [-0.3, -0.25) is 9.79 Å². The topological polar surface area (TPSA) is 78.4 Å². The van der Waals surface area contributed by atoms with Gasteiger partial charge in [0.05, 0.1) is 6.54 Å². The van der Waals surface area contributed by atoms with Crippen LogP contribution < -0.4 is 16.0 Å². The zero-order chi connectivity index (χ0) is 18.6. The molecule has 1 aliphatic carbocycles. The Hall–Kier alpha value is -1.64. The van der Waals surface area contributed by atoms with Crippen LogP contribution in [-0.4, -0.2) is 36.5 Å². The number of carbonyl (C=O) groups is 1. The highest BCUT2D eigenvalue weighted by molar-refractivity contribution is 14.0. The number of nitrogens with one attached hydrogen (secondary N) is 3. The summed E-state index contributed by atoms with van der Waals surface area (Å²) in [7, 11) is 0. The van der Waals surface area contributed by atoms with Gasteiger partial charge in [0.2, 0.25) is 5.91 Å². The van der Waals surface area contributed by atoms with Crippen LogP contribution in [0, 0.1) is 6.92 Å². The molecular weight excluding hydrogens is 453 g/mol. The van der Waals surface area contributed by atoms with Gasteiger partial charge < -0.3 is 16.0 Å². The number of nitrogens with zero attached hydrogens (tertiary/aromatic N) is 2. The molecule has 3 N–H and O–H groups in total. The van der Waals surface area contributed by atoms with E-state index in [1.807, 2.05) is 26.0 Å². The van der Waals surface area contributed by atoms with Crippen molar-refractivity contribution in [1.82, 2.24) is 15.6 Å². The van der Waals surface area contributed by atoms with Crippen LogP contribution >= 0.6 is 24.0 Å². The van der Waals surface area contributed by atoms with Gasteiger partial charge in [0.1, 0.15) is 5.82 Å². The van der Waals surface area contributed by atoms with Crippen LogP contribution in [-0.2, 0) is 4.79 Å². The molecule has 0 fully saturated rings. The largest absolute Gasteiger partial charge is 0.357 e. The monoisotopic (exact) mass is 485 g/mol. The van der Waals surface area contributed by atoms with Crippen LogP contribution in [0.4, 0.5) is 5.82 Å². The molecule has 6 nitrogen and oxygen atoms in total. The predicted octanol–water partition coefficient (Wildman–Crippen LogP) is 3.78. The smallest absolute Gasteiger partial charge is 0.227 e. The van der Waals surface area contributed by atoms with Crippen molar-refractivity contribution in [2.24, 2.45) is 4.99 Å². The highest BCUT2D eigenvalue weighted by atomic mass is 127. The number of hydrogen-bond acceptors (Lipinski definition) is 3. The number of aliphatic imine (C=N–C) groups is 1. The Labute approximate surface area is 179 Å². The molecule has 0 spiro atoms. The molecule has 0 saturated heterocycles. The molecule has 1 heterocycles. The number of rotatable bonds is 8. The van der Waals surface area contributed by atoms with Gasteiger partial charge in [-0.1, -0.05) is 17.7 Å². The number of pyridine rings is 1. The van der Waals surface area contributed by atoms with E-state index in [1.165, 1.54) is 25.7 Å². The fraction of sp³-hybridized carbons (Fsp3) is 0.550. The average Bonchev–Trinajstić information content (AvgIpc) is 2.64. The Bertz CT molecular complexity index is 628. The minimum absolute atomic E-state index is 0. The SMILES string of the molecule is CCNC(=NCCC(=O)Nc1ccc(C)cn1)NCCC1=CCCCC1.I. The number of anilines is 1. The van der Waals surface area contributed by atoms with Gasteiger partial charge >= 0.3 is 0 Å². The van der Waals surface area contributed by atoms with E-state index in [4.69, 9.17) is 0 Å². The number of halogens is 1. The molecule has 1 amide bonds. The molecule has 0 aromatic carbocycles. The summed E-state index contributed by atoms with van der Waals surface area (Å²) < 4.78 is 0. The molecule has 2 rings (SSSR count). The van der Waals surface area contributed by atoms with Gasteiger partial charge in [0, 0.05) is 25.7 Å². The standard InChI is InChI=1S/C20H31N5O.HI/c1-3-21-20(22-13-11-17-7-5-4-6-8-17)23-14-12-19(26)25-18-10-9-16(2)15-24-18;/h7,9-10,15H,3-6,8,11-14H2,1-2H3,(H2,21,22,23)(H,24,25,26);1H. The third kappa shape index (κ3) is 9.74. The summed E-state index contributed by atoms with van der Waals surface area (Å²) in [5, 5.41) is 9.37. The minimum Gasteiger partial charge on any atom is -0.357 e. The number of amides is 1. The van der Waals surface area contributed by atoms with Crippen LogP contribution in [0.2, 0.25) is 0 Å². The molecule has 0 aliphatic heterocycles. The molecule has 0 radical (unpaired) electrons. The van der Waals surface area contributed by atoms with Crippen molar-refractivity contribution in [2.45, 2.75) is 52.4 Å². The number of hydrogen-bond donors (Lipinski definition) is 3. The van der Waals surface area contributed by atoms with Crippen molar-refractivity contribution in [3.63, 3.8) is 0 Å². The van der Waals surface area contributed by atoms with E-state index in [0.717, 1.165) is 31.0 Å². The van der Waals surface area contributed by atoms with Gasteiger partial charge in [-0.25, -0.2) is 4.98 Å². The Kier molecular flexibility index (Phi) is 11.7. The second kappa shape index (κ2) is 13.5. The van der Waals surface area contributed by atoms with Gasteiger partial charge in [-0.15, -0.1) is 24.0 Å². The highest BCUT2D eigenvalue weighted by Gasteiger charge is 2.05. The molecule has 27 heavy (non-hydrogen) atoms. The molecule has 150 valence electrons. The molecule has 0 bridgehead atoms. The Balaban J connectivity index is 0.00000364. The third-order valence-corrected chi connectivity index (χ3v) is 4.26. The fourth-order valence-electron chi connectivity index (χ4n) is 2.83. The summed E-state index contributed by atoms with van der Waals surface area (Å²) in [6.07, 6.45) is 10.6. The molecule has 0 atom stereocenters. The van der Waals surface area contributed by atoms with E-state index >= 15 is 0 Å². The maximum absolute atomic E-state index is 12.0. The molecule has 1 aromatic rings. The van der Waals surface area contributed by atoms with Crippen molar-refractivity contribution < 1.29 is 4.79 Å². The zero-order valence-corrected chi connectivity index (χ0v) is 18.7. The van der Waals surface area contributed by atoms with Gasteiger partial charge in [-0.2, -0.15) is 0 Å². The lowest BCUT2D eigenvalue weighted by Crippen LogP contribution is -2.38. The quantitative estimate of drug-likeness (QED) is 0.227. The lowest BCUT2D eigenvalue weighted by molar-refractivity contribution is -0.116. The minimum atomic E-state index is -0.0756. The van der Waals surface area contributed by atoms with E-state index in [1.54, 1.807) is 11.8 Å². The summed E-state index contributed by atoms with van der Waals surface area (Å²) in [6.45, 7) is 6.12. The lowest BCUT2D eigenvalue weighted by Gasteiger charge is -2.15. The maximum Gasteiger partial charge on any atom is 0.227 e. The second-order valence-electron chi connectivity index (χ2n) is 6.56. The average molecular weight is 485 g/mol. The normalized spacial score (nSPS) is 14.0. The highest BCUT2D eigenvalue weighted by Crippen LogP contribution is 2.19. The van der Waals surface area contributed by atoms with Gasteiger partial charge in [-0.05, 0) is 57.6 Å². The first kappa shape index (κ1) is 23.4. The number of guanidine groups is 1. The van der Waals surface area contributed by atoms with E-state index in [9.17, 15) is 4.79 Å². The van der Waals surface area contributed by atoms with Crippen LogP contribution in [0.3, 0.4) is 0 Å². The number of allylic oxidation sites excluding steroid dienone is 1. The van der Waals surface area contributed by atoms with Crippen molar-refractivity contribution in [2.75, 3.05) is 25.0 Å². The maximum atomic E-state index is 12.0. The molecule has 7 heteroatoms. The summed E-state index contributed by atoms with van der Waals surface area (Å²) in [4.78, 5) is 20.7. The molecule has 0 unspecified atom stereocenters. The number of aromatic nitrogens is 1. The van der Waals surface area contributed by atoms with E-state index in [0.29, 0.717) is 18.8 Å². The van der Waals surface area contributed by atoms with Crippen LogP contribution in [0.1, 0.15) is 51.0 Å². The Morgan fingerprint density at radius 1 is 1.26 bits per heavy atom. The summed E-state index contributed by atoms with van der Waals surface area (Å²) in [5.41, 5.74) is 2.61. The van der Waals surface area contributed by atoms with Gasteiger partial charge in [0.25, 0.3) is 0 Å². The van der Waals surface area contributed by atoms with Crippen molar-refractivity contribution in [3.8, 4) is 0 Å². The van der Waals surface area contributed by atoms with Crippen molar-refractivity contribution in [3.05, 3.63) is 35.5 Å². The predicted molar refractivity (Wildman–Crippen MR) is 123 cm³/mol. The van der Waals surface area contributed by atoms with E-state index in [-0.39, 0.29) is 29.9 Å². The van der Waals surface area contributed by atoms with Crippen LogP contribution in [0.25, 0.3) is 0 Å². The van der Waals surface area contributed by atoms with Crippen LogP contribution in [0.5, 0.6) is 0 Å². The number of aryl methyl sites for hydroxylation is 1. The fourth-order valence-corrected chi connectivity index (χ4v) is 2.83. The van der Waals surface area contributed by atoms with Crippen molar-refractivity contribution in [1.29, 1.82) is 0 Å². The lowest BCUT2D eigenvalue weighted by atomic mass is 9.97. The zero-order valence-electron chi connectivity index (χ0n) is 16.4. The van der Waals surface area contributed by atoms with Crippen LogP contribution in [0.15, 0.2) is 35.0 Å². The Morgan fingerprint density at radius 3 is 2.78 bits per heavy atom. The molecule has 0 saturated carbocycles. The third-order valence-electron chi connectivity index (χ3n) is 4.26. The second-order valence-corrected chi connectivity index (χ2v) is 6.56. The summed E-state index contributed by atoms with van der Waals surface area (Å²) >= 11 is 0. The first-order chi connectivity index (χ1) is 12.7. The molecule has 1 aliphatic rings. The number of carbonyl (C=O) groups excluding carboxylic acids is 1. The molecular formula is C20H32IN5O. The van der Waals surface area contributed by atoms with Crippen molar-refractivity contribution >= 4 is 41.7 Å². The summed E-state index contributed by atoms with van der Waals surface area (Å²) in [6, 6.07) is 3.73. The first-order valence-corrected chi connectivity index (χ1v) is 9.60. The van der Waals surface area contributed by atoms with E-state index in [2.05, 4.69) is 32.0 Å². The van der Waals surface area contributed by atoms with Gasteiger partial charge in [0.15, 0.2) is 5.96 Å². The Morgan fingerprint density at radius 2 is 2.11 bits per heavy atom. The summed E-state index contributed by atoms with van der Waals surface area (Å²) in [5.74, 6) is 1.27. The molecule has 1 aromatic heterocycles. The first-order valence-electron chi connectivity index (χ1n) is 9.60.